The van der Waals surface area contributed by atoms with E-state index < -0.39 is 0 Å². The number of anilines is 1. The molecule has 1 atom stereocenters. The number of para-hydroxylation sites is 1. The molecule has 0 saturated carbocycles. The maximum absolute atomic E-state index is 12.6. The summed E-state index contributed by atoms with van der Waals surface area (Å²) in [5.74, 6) is 0.872. The molecule has 2 heterocycles. The molecule has 8 nitrogen and oxygen atoms in total. The monoisotopic (exact) mass is 439 g/mol. The number of ether oxygens (including phenoxy) is 1. The summed E-state index contributed by atoms with van der Waals surface area (Å²) in [5.41, 5.74) is 3.13. The number of benzene rings is 2. The molecule has 3 aromatic rings. The second kappa shape index (κ2) is 8.69. The Hall–Kier alpha value is -3.52. The van der Waals surface area contributed by atoms with Crippen molar-refractivity contribution in [2.24, 2.45) is 0 Å². The third-order valence-corrected chi connectivity index (χ3v) is 5.39. The third-order valence-electron chi connectivity index (χ3n) is 5.09. The molecule has 4 rings (SSSR count). The van der Waals surface area contributed by atoms with E-state index in [4.69, 9.17) is 16.3 Å². The third kappa shape index (κ3) is 4.34. The van der Waals surface area contributed by atoms with Crippen LogP contribution < -0.4 is 20.7 Å². The van der Waals surface area contributed by atoms with Crippen molar-refractivity contribution < 1.29 is 14.3 Å². The number of nitrogens with zero attached hydrogens (tertiary/aromatic N) is 2. The second-order valence-electron chi connectivity index (χ2n) is 7.17. The van der Waals surface area contributed by atoms with Gasteiger partial charge in [0.1, 0.15) is 5.75 Å². The molecule has 1 aliphatic rings. The van der Waals surface area contributed by atoms with Gasteiger partial charge in [0.25, 0.3) is 5.91 Å². The van der Waals surface area contributed by atoms with Crippen LogP contribution in [0.1, 0.15) is 33.9 Å². The van der Waals surface area contributed by atoms with Crippen LogP contribution in [0.4, 0.5) is 10.6 Å². The van der Waals surface area contributed by atoms with Crippen molar-refractivity contribution >= 4 is 29.4 Å². The predicted molar refractivity (Wildman–Crippen MR) is 118 cm³/mol. The number of hydrogen-bond acceptors (Lipinski definition) is 4. The molecule has 3 amide bonds. The van der Waals surface area contributed by atoms with Gasteiger partial charge in [0, 0.05) is 36.9 Å². The predicted octanol–water partition coefficient (Wildman–Crippen LogP) is 3.84. The van der Waals surface area contributed by atoms with E-state index in [0.29, 0.717) is 35.2 Å². The molecule has 3 N–H and O–H groups in total. The molecule has 0 radical (unpaired) electrons. The number of fused-ring (bicyclic) bond motifs is 1. The second-order valence-corrected chi connectivity index (χ2v) is 7.58. The Kier molecular flexibility index (Phi) is 5.81. The van der Waals surface area contributed by atoms with Crippen LogP contribution in [0.3, 0.4) is 0 Å². The highest BCUT2D eigenvalue weighted by molar-refractivity contribution is 6.32. The van der Waals surface area contributed by atoms with Crippen LogP contribution in [-0.4, -0.2) is 35.4 Å². The van der Waals surface area contributed by atoms with E-state index in [1.165, 1.54) is 0 Å². The first-order chi connectivity index (χ1) is 15.0. The zero-order valence-electron chi connectivity index (χ0n) is 17.1. The number of carbonyl (C=O) groups is 2. The molecule has 0 spiro atoms. The number of halogens is 1. The summed E-state index contributed by atoms with van der Waals surface area (Å²) in [6.07, 6.45) is 2.40. The minimum atomic E-state index is -0.366. The number of hydrogen-bond donors (Lipinski definition) is 3. The van der Waals surface area contributed by atoms with Gasteiger partial charge >= 0.3 is 6.03 Å². The highest BCUT2D eigenvalue weighted by Gasteiger charge is 2.25. The molecule has 9 heteroatoms. The van der Waals surface area contributed by atoms with Crippen LogP contribution in [0.5, 0.6) is 5.75 Å². The number of carbonyl (C=O) groups excluding carboxylic acids is 2. The molecule has 1 aromatic heterocycles. The van der Waals surface area contributed by atoms with Crippen molar-refractivity contribution in [2.75, 3.05) is 19.0 Å². The number of aromatic nitrogens is 2. The smallest absolute Gasteiger partial charge is 0.320 e. The number of aryl methyl sites for hydroxylation is 1. The van der Waals surface area contributed by atoms with Gasteiger partial charge in [-0.3, -0.25) is 10.1 Å². The molecular weight excluding hydrogens is 418 g/mol. The summed E-state index contributed by atoms with van der Waals surface area (Å²) in [6, 6.07) is 12.0. The largest absolute Gasteiger partial charge is 0.492 e. The lowest BCUT2D eigenvalue weighted by Crippen LogP contribution is -2.35. The number of rotatable bonds is 4. The molecular formula is C22H22ClN5O3. The van der Waals surface area contributed by atoms with Crippen LogP contribution in [0, 0.1) is 6.92 Å². The fourth-order valence-corrected chi connectivity index (χ4v) is 3.81. The van der Waals surface area contributed by atoms with Crippen molar-refractivity contribution in [3.05, 3.63) is 70.4 Å². The summed E-state index contributed by atoms with van der Waals surface area (Å²) in [6.45, 7) is 2.37. The molecule has 0 fully saturated rings. The first-order valence-corrected chi connectivity index (χ1v) is 10.2. The van der Waals surface area contributed by atoms with Gasteiger partial charge in [0.2, 0.25) is 0 Å². The Balaban J connectivity index is 1.45. The van der Waals surface area contributed by atoms with Crippen LogP contribution in [0.2, 0.25) is 5.02 Å². The van der Waals surface area contributed by atoms with Gasteiger partial charge < -0.3 is 15.4 Å². The first-order valence-electron chi connectivity index (χ1n) is 9.84. The fourth-order valence-electron chi connectivity index (χ4n) is 3.57. The molecule has 31 heavy (non-hydrogen) atoms. The summed E-state index contributed by atoms with van der Waals surface area (Å²) >= 11 is 6.19. The quantitative estimate of drug-likeness (QED) is 0.575. The SMILES string of the molecule is CNC(=O)c1ccc(-n2ccc(NC(=O)N[C@H]3CCOc4c(Cl)cccc43)n2)c(C)c1. The average molecular weight is 440 g/mol. The maximum Gasteiger partial charge on any atom is 0.320 e. The fraction of sp³-hybridized carbons (Fsp3) is 0.227. The van der Waals surface area contributed by atoms with Crippen molar-refractivity contribution in [3.63, 3.8) is 0 Å². The van der Waals surface area contributed by atoms with Gasteiger partial charge in [-0.2, -0.15) is 0 Å². The van der Waals surface area contributed by atoms with Gasteiger partial charge in [-0.05, 0) is 36.8 Å². The molecule has 0 bridgehead atoms. The number of urea groups is 1. The van der Waals surface area contributed by atoms with E-state index in [1.807, 2.05) is 25.1 Å². The Labute approximate surface area is 184 Å². The van der Waals surface area contributed by atoms with Crippen LogP contribution in [-0.2, 0) is 0 Å². The highest BCUT2D eigenvalue weighted by Crippen LogP contribution is 2.37. The lowest BCUT2D eigenvalue weighted by molar-refractivity contribution is 0.0963. The van der Waals surface area contributed by atoms with Gasteiger partial charge in [0.05, 0.1) is 23.4 Å². The van der Waals surface area contributed by atoms with Crippen molar-refractivity contribution in [1.82, 2.24) is 20.4 Å². The molecule has 2 aromatic carbocycles. The standard InChI is InChI=1S/C22H22ClN5O3/c1-13-12-14(21(29)24-2)6-7-18(13)28-10-8-19(27-28)26-22(30)25-17-9-11-31-20-15(17)4-3-5-16(20)23/h3-8,10,12,17H,9,11H2,1-2H3,(H,24,29)(H2,25,26,27,30)/t17-/m0/s1. The van der Waals surface area contributed by atoms with E-state index in [0.717, 1.165) is 16.8 Å². The van der Waals surface area contributed by atoms with Crippen LogP contribution in [0.25, 0.3) is 5.69 Å². The normalized spacial score (nSPS) is 14.9. The summed E-state index contributed by atoms with van der Waals surface area (Å²) in [7, 11) is 1.59. The Morgan fingerprint density at radius 3 is 2.84 bits per heavy atom. The zero-order valence-corrected chi connectivity index (χ0v) is 17.9. The van der Waals surface area contributed by atoms with Gasteiger partial charge in [-0.1, -0.05) is 23.7 Å². The summed E-state index contributed by atoms with van der Waals surface area (Å²) in [4.78, 5) is 24.3. The van der Waals surface area contributed by atoms with Crippen molar-refractivity contribution in [1.29, 1.82) is 0 Å². The summed E-state index contributed by atoms with van der Waals surface area (Å²) < 4.78 is 7.29. The molecule has 1 aliphatic heterocycles. The Bertz CT molecular complexity index is 1140. The molecule has 0 aliphatic carbocycles. The molecule has 160 valence electrons. The van der Waals surface area contributed by atoms with Gasteiger partial charge in [-0.15, -0.1) is 5.10 Å². The Morgan fingerprint density at radius 2 is 2.06 bits per heavy atom. The van der Waals surface area contributed by atoms with Gasteiger partial charge in [-0.25, -0.2) is 9.48 Å². The number of nitrogens with one attached hydrogen (secondary N) is 3. The summed E-state index contributed by atoms with van der Waals surface area (Å²) in [5, 5.41) is 13.3. The molecule has 0 unspecified atom stereocenters. The first kappa shape index (κ1) is 20.7. The van der Waals surface area contributed by atoms with E-state index in [1.54, 1.807) is 42.2 Å². The lowest BCUT2D eigenvalue weighted by atomic mass is 10.0. The average Bonchev–Trinajstić information content (AvgIpc) is 3.21. The lowest BCUT2D eigenvalue weighted by Gasteiger charge is -2.27. The van der Waals surface area contributed by atoms with Crippen molar-refractivity contribution in [2.45, 2.75) is 19.4 Å². The van der Waals surface area contributed by atoms with E-state index >= 15 is 0 Å². The van der Waals surface area contributed by atoms with Crippen molar-refractivity contribution in [3.8, 4) is 11.4 Å². The Morgan fingerprint density at radius 1 is 1.23 bits per heavy atom. The topological polar surface area (TPSA) is 97.3 Å². The zero-order chi connectivity index (χ0) is 22.0. The van der Waals surface area contributed by atoms with Crippen LogP contribution >= 0.6 is 11.6 Å². The maximum atomic E-state index is 12.6. The minimum Gasteiger partial charge on any atom is -0.492 e. The molecule has 0 saturated heterocycles. The van der Waals surface area contributed by atoms with E-state index in [-0.39, 0.29) is 18.0 Å². The van der Waals surface area contributed by atoms with E-state index in [2.05, 4.69) is 21.0 Å². The minimum absolute atomic E-state index is 0.148. The van der Waals surface area contributed by atoms with Gasteiger partial charge in [0.15, 0.2) is 5.82 Å². The van der Waals surface area contributed by atoms with Crippen LogP contribution in [0.15, 0.2) is 48.7 Å². The van der Waals surface area contributed by atoms with E-state index in [9.17, 15) is 9.59 Å². The highest BCUT2D eigenvalue weighted by atomic mass is 35.5. The number of amides is 3.